The summed E-state index contributed by atoms with van der Waals surface area (Å²) in [4.78, 5) is 13.8. The Morgan fingerprint density at radius 3 is 2.94 bits per heavy atom. The summed E-state index contributed by atoms with van der Waals surface area (Å²) in [5.41, 5.74) is 0.538. The molecule has 1 amide bonds. The second-order valence-electron chi connectivity index (χ2n) is 3.94. The molecular weight excluding hydrogens is 270 g/mol. The molecule has 1 aliphatic rings. The Hall–Kier alpha value is -1.21. The number of hydrogen-bond donors (Lipinski definition) is 0. The second-order valence-corrected chi connectivity index (χ2v) is 4.66. The zero-order valence-corrected chi connectivity index (χ0v) is 10.4. The van der Waals surface area contributed by atoms with Crippen LogP contribution in [0.3, 0.4) is 0 Å². The lowest BCUT2D eigenvalue weighted by molar-refractivity contribution is 0.0768. The van der Waals surface area contributed by atoms with Crippen molar-refractivity contribution < 1.29 is 9.21 Å². The average molecular weight is 282 g/mol. The van der Waals surface area contributed by atoms with E-state index in [0.717, 1.165) is 6.54 Å². The molecular formula is C12H12BrNO2. The van der Waals surface area contributed by atoms with E-state index < -0.39 is 0 Å². The number of rotatable bonds is 4. The van der Waals surface area contributed by atoms with Gasteiger partial charge in [-0.25, -0.2) is 0 Å². The Labute approximate surface area is 103 Å². The fourth-order valence-corrected chi connectivity index (χ4v) is 1.97. The highest BCUT2D eigenvalue weighted by Gasteiger charge is 2.28. The van der Waals surface area contributed by atoms with Crippen molar-refractivity contribution in [2.24, 2.45) is 5.92 Å². The normalized spacial score (nSPS) is 14.5. The first-order chi connectivity index (χ1) is 7.72. The van der Waals surface area contributed by atoms with E-state index in [2.05, 4.69) is 21.9 Å². The molecule has 2 rings (SSSR count). The number of amides is 1. The molecule has 0 spiro atoms. The van der Waals surface area contributed by atoms with E-state index in [4.69, 9.17) is 10.8 Å². The Morgan fingerprint density at radius 1 is 1.69 bits per heavy atom. The molecule has 1 aliphatic carbocycles. The SMILES string of the molecule is C#CCN(CC1CC1)C(=O)c1ccoc1Br. The van der Waals surface area contributed by atoms with Crippen LogP contribution in [0.25, 0.3) is 0 Å². The molecule has 84 valence electrons. The Kier molecular flexibility index (Phi) is 3.35. The zero-order valence-electron chi connectivity index (χ0n) is 8.78. The van der Waals surface area contributed by atoms with Gasteiger partial charge in [0.15, 0.2) is 4.67 Å². The number of nitrogens with zero attached hydrogens (tertiary/aromatic N) is 1. The van der Waals surface area contributed by atoms with Crippen molar-refractivity contribution in [2.75, 3.05) is 13.1 Å². The quantitative estimate of drug-likeness (QED) is 0.795. The van der Waals surface area contributed by atoms with Crippen molar-refractivity contribution in [1.82, 2.24) is 4.90 Å². The number of terminal acetylenes is 1. The van der Waals surface area contributed by atoms with E-state index in [1.54, 1.807) is 11.0 Å². The first-order valence-corrected chi connectivity index (χ1v) is 5.97. The van der Waals surface area contributed by atoms with Crippen molar-refractivity contribution in [3.05, 3.63) is 22.6 Å². The minimum atomic E-state index is -0.0644. The van der Waals surface area contributed by atoms with Gasteiger partial charge in [0, 0.05) is 6.54 Å². The molecule has 0 unspecified atom stereocenters. The minimum absolute atomic E-state index is 0.0644. The molecule has 4 heteroatoms. The lowest BCUT2D eigenvalue weighted by Crippen LogP contribution is -2.33. The van der Waals surface area contributed by atoms with Crippen LogP contribution < -0.4 is 0 Å². The monoisotopic (exact) mass is 281 g/mol. The number of carbonyl (C=O) groups excluding carboxylic acids is 1. The molecule has 0 bridgehead atoms. The third-order valence-corrected chi connectivity index (χ3v) is 3.21. The van der Waals surface area contributed by atoms with E-state index in [9.17, 15) is 4.79 Å². The van der Waals surface area contributed by atoms with Gasteiger partial charge < -0.3 is 9.32 Å². The maximum Gasteiger partial charge on any atom is 0.259 e. The summed E-state index contributed by atoms with van der Waals surface area (Å²) in [6.07, 6.45) is 9.16. The van der Waals surface area contributed by atoms with Crippen LogP contribution in [0.1, 0.15) is 23.2 Å². The fraction of sp³-hybridized carbons (Fsp3) is 0.417. The molecule has 1 heterocycles. The Morgan fingerprint density at radius 2 is 2.44 bits per heavy atom. The first-order valence-electron chi connectivity index (χ1n) is 5.18. The summed E-state index contributed by atoms with van der Waals surface area (Å²) in [5.74, 6) is 3.09. The maximum absolute atomic E-state index is 12.1. The van der Waals surface area contributed by atoms with Crippen molar-refractivity contribution in [1.29, 1.82) is 0 Å². The van der Waals surface area contributed by atoms with Crippen LogP contribution in [0.4, 0.5) is 0 Å². The molecule has 16 heavy (non-hydrogen) atoms. The summed E-state index contributed by atoms with van der Waals surface area (Å²) < 4.78 is 5.52. The molecule has 1 saturated carbocycles. The topological polar surface area (TPSA) is 33.5 Å². The van der Waals surface area contributed by atoms with Crippen LogP contribution in [-0.2, 0) is 0 Å². The largest absolute Gasteiger partial charge is 0.457 e. The summed E-state index contributed by atoms with van der Waals surface area (Å²) in [7, 11) is 0. The summed E-state index contributed by atoms with van der Waals surface area (Å²) in [5, 5.41) is 0. The molecule has 0 aromatic carbocycles. The van der Waals surface area contributed by atoms with Crippen LogP contribution in [0.2, 0.25) is 0 Å². The summed E-state index contributed by atoms with van der Waals surface area (Å²) in [6.45, 7) is 1.10. The minimum Gasteiger partial charge on any atom is -0.457 e. The zero-order chi connectivity index (χ0) is 11.5. The van der Waals surface area contributed by atoms with Gasteiger partial charge in [0.25, 0.3) is 5.91 Å². The van der Waals surface area contributed by atoms with Gasteiger partial charge in [-0.05, 0) is 40.8 Å². The number of carbonyl (C=O) groups is 1. The van der Waals surface area contributed by atoms with E-state index >= 15 is 0 Å². The van der Waals surface area contributed by atoms with Crippen molar-refractivity contribution >= 4 is 21.8 Å². The van der Waals surface area contributed by atoms with Crippen molar-refractivity contribution in [3.63, 3.8) is 0 Å². The summed E-state index contributed by atoms with van der Waals surface area (Å²) in [6, 6.07) is 1.66. The second kappa shape index (κ2) is 4.75. The van der Waals surface area contributed by atoms with E-state index in [1.165, 1.54) is 19.1 Å². The number of hydrogen-bond acceptors (Lipinski definition) is 2. The highest BCUT2D eigenvalue weighted by Crippen LogP contribution is 2.30. The van der Waals surface area contributed by atoms with Crippen LogP contribution in [0, 0.1) is 18.3 Å². The average Bonchev–Trinajstić information content (AvgIpc) is 2.98. The van der Waals surface area contributed by atoms with Gasteiger partial charge in [0.1, 0.15) is 0 Å². The van der Waals surface area contributed by atoms with Gasteiger partial charge in [0.05, 0.1) is 18.4 Å². The number of furan rings is 1. The molecule has 3 nitrogen and oxygen atoms in total. The van der Waals surface area contributed by atoms with Crippen LogP contribution >= 0.6 is 15.9 Å². The predicted molar refractivity (Wildman–Crippen MR) is 63.9 cm³/mol. The standard InChI is InChI=1S/C12H12BrNO2/c1-2-6-14(8-9-3-4-9)12(15)10-5-7-16-11(10)13/h1,5,7,9H,3-4,6,8H2. The van der Waals surface area contributed by atoms with Gasteiger partial charge in [-0.1, -0.05) is 5.92 Å². The molecule has 1 aromatic heterocycles. The first kappa shape index (κ1) is 11.3. The molecule has 1 aromatic rings. The van der Waals surface area contributed by atoms with E-state index in [0.29, 0.717) is 22.7 Å². The van der Waals surface area contributed by atoms with Gasteiger partial charge in [0.2, 0.25) is 0 Å². The van der Waals surface area contributed by atoms with Crippen LogP contribution in [-0.4, -0.2) is 23.9 Å². The Bertz CT molecular complexity index is 428. The molecule has 0 saturated heterocycles. The Balaban J connectivity index is 2.10. The van der Waals surface area contributed by atoms with E-state index in [-0.39, 0.29) is 5.91 Å². The van der Waals surface area contributed by atoms with Crippen LogP contribution in [0.5, 0.6) is 0 Å². The molecule has 1 fully saturated rings. The molecule has 0 radical (unpaired) electrons. The van der Waals surface area contributed by atoms with Gasteiger partial charge in [-0.15, -0.1) is 6.42 Å². The van der Waals surface area contributed by atoms with Gasteiger partial charge in [-0.2, -0.15) is 0 Å². The lowest BCUT2D eigenvalue weighted by Gasteiger charge is -2.19. The van der Waals surface area contributed by atoms with Crippen molar-refractivity contribution in [3.8, 4) is 12.3 Å². The number of halogens is 1. The highest BCUT2D eigenvalue weighted by molar-refractivity contribution is 9.10. The third-order valence-electron chi connectivity index (χ3n) is 2.59. The predicted octanol–water partition coefficient (Wildman–Crippen LogP) is 2.53. The highest BCUT2D eigenvalue weighted by atomic mass is 79.9. The fourth-order valence-electron chi connectivity index (χ4n) is 1.56. The molecule has 0 aliphatic heterocycles. The summed E-state index contributed by atoms with van der Waals surface area (Å²) >= 11 is 3.20. The smallest absolute Gasteiger partial charge is 0.259 e. The van der Waals surface area contributed by atoms with Gasteiger partial charge in [-0.3, -0.25) is 4.79 Å². The lowest BCUT2D eigenvalue weighted by atomic mass is 10.2. The van der Waals surface area contributed by atoms with E-state index in [1.807, 2.05) is 0 Å². The maximum atomic E-state index is 12.1. The van der Waals surface area contributed by atoms with Gasteiger partial charge >= 0.3 is 0 Å². The third kappa shape index (κ3) is 2.48. The molecule has 0 atom stereocenters. The van der Waals surface area contributed by atoms with Crippen LogP contribution in [0.15, 0.2) is 21.4 Å². The molecule has 0 N–H and O–H groups in total. The van der Waals surface area contributed by atoms with Crippen molar-refractivity contribution in [2.45, 2.75) is 12.8 Å².